The van der Waals surface area contributed by atoms with E-state index >= 15 is 0 Å². The molecule has 234 valence electrons. The summed E-state index contributed by atoms with van der Waals surface area (Å²) in [5.74, 6) is 7.48. The summed E-state index contributed by atoms with van der Waals surface area (Å²) in [6, 6.07) is 61.5. The fourth-order valence-corrected chi connectivity index (χ4v) is 14.9. The molecule has 0 fully saturated rings. The Hall–Kier alpha value is -4.93. The number of hydrogen-bond donors (Lipinski definition) is 0. The average molecular weight is 656 g/mol. The van der Waals surface area contributed by atoms with Crippen LogP contribution < -0.4 is 15.9 Å². The van der Waals surface area contributed by atoms with Gasteiger partial charge in [-0.2, -0.15) is 0 Å². The van der Waals surface area contributed by atoms with Crippen LogP contribution in [0.3, 0.4) is 0 Å². The van der Waals surface area contributed by atoms with Crippen LogP contribution in [0.15, 0.2) is 204 Å². The van der Waals surface area contributed by atoms with Crippen LogP contribution in [0, 0.1) is 0 Å². The zero-order valence-corrected chi connectivity index (χ0v) is 29.0. The molecule has 0 saturated carbocycles. The summed E-state index contributed by atoms with van der Waals surface area (Å²) >= 11 is 0. The van der Waals surface area contributed by atoms with Crippen LogP contribution in [-0.4, -0.2) is 5.80 Å². The Morgan fingerprint density at radius 1 is 0.479 bits per heavy atom. The molecule has 0 spiro atoms. The van der Waals surface area contributed by atoms with Crippen molar-refractivity contribution in [2.75, 3.05) is 0 Å². The molecule has 6 aromatic carbocycles. The van der Waals surface area contributed by atoms with Crippen LogP contribution in [0.2, 0.25) is 0 Å². The van der Waals surface area contributed by atoms with E-state index in [4.69, 9.17) is 4.52 Å². The Morgan fingerprint density at radius 3 is 1.40 bits per heavy atom. The molecule has 48 heavy (non-hydrogen) atoms. The second kappa shape index (κ2) is 14.5. The summed E-state index contributed by atoms with van der Waals surface area (Å²) in [4.78, 5) is 0. The smallest absolute Gasteiger partial charge is 0.0536 e. The van der Waals surface area contributed by atoms with Crippen molar-refractivity contribution >= 4 is 41.4 Å². The molecular weight excluding hydrogens is 616 g/mol. The number of nitrogens with zero attached hydrogens (tertiary/aromatic N) is 1. The van der Waals surface area contributed by atoms with Crippen LogP contribution >= 0.6 is 14.1 Å². The quantitative estimate of drug-likeness (QED) is 0.109. The van der Waals surface area contributed by atoms with E-state index in [2.05, 4.69) is 212 Å². The number of allylic oxidation sites excluding steroid dienone is 4. The Kier molecular flexibility index (Phi) is 9.53. The number of rotatable bonds is 9. The topological polar surface area (TPSA) is 12.4 Å². The van der Waals surface area contributed by atoms with E-state index in [0.29, 0.717) is 0 Å². The first-order valence-corrected chi connectivity index (χ1v) is 20.2. The minimum Gasteiger partial charge on any atom is -0.260 e. The molecule has 0 aliphatic carbocycles. The summed E-state index contributed by atoms with van der Waals surface area (Å²) in [5, 5.41) is 3.81. The van der Waals surface area contributed by atoms with E-state index in [1.165, 1.54) is 49.3 Å². The van der Waals surface area contributed by atoms with Gasteiger partial charge in [-0.1, -0.05) is 170 Å². The molecule has 3 heteroatoms. The van der Waals surface area contributed by atoms with Gasteiger partial charge in [-0.25, -0.2) is 0 Å². The van der Waals surface area contributed by atoms with Crippen LogP contribution in [0.25, 0.3) is 27.8 Å². The van der Waals surface area contributed by atoms with Crippen molar-refractivity contribution in [3.8, 4) is 22.3 Å². The van der Waals surface area contributed by atoms with Crippen molar-refractivity contribution in [3.63, 3.8) is 0 Å². The fraction of sp³-hybridized carbons (Fsp3) is 0.0444. The van der Waals surface area contributed by atoms with E-state index in [9.17, 15) is 0 Å². The van der Waals surface area contributed by atoms with E-state index in [1.54, 1.807) is 0 Å². The monoisotopic (exact) mass is 655 g/mol. The second-order valence-corrected chi connectivity index (χ2v) is 17.9. The number of benzene rings is 6. The molecule has 1 unspecified atom stereocenters. The van der Waals surface area contributed by atoms with Crippen molar-refractivity contribution in [1.29, 1.82) is 0 Å². The van der Waals surface area contributed by atoms with Crippen molar-refractivity contribution in [2.45, 2.75) is 13.3 Å². The van der Waals surface area contributed by atoms with Gasteiger partial charge in [0.15, 0.2) is 0 Å². The lowest BCUT2D eigenvalue weighted by atomic mass is 9.94. The standard InChI is InChI=1S/C45H39NP2/c1-2-3-4-20-31-47(43-25-14-7-15-26-43)35-42(36-48(46-47,44-27-16-8-17-28-44)45-29-18-9-19-30-45)41-33-39(37-21-10-5-11-22-37)32-40(34-41)38-23-12-6-13-24-38/h2-3,5-36H,4H2,1H3/b3-2?,31-20+. The Labute approximate surface area is 285 Å². The zero-order valence-electron chi connectivity index (χ0n) is 27.2. The molecular formula is C45H39NP2. The third-order valence-corrected chi connectivity index (χ3v) is 16.3. The minimum atomic E-state index is -2.42. The zero-order chi connectivity index (χ0) is 32.7. The number of hydrogen-bond acceptors (Lipinski definition) is 1. The highest BCUT2D eigenvalue weighted by Gasteiger charge is 2.32. The molecule has 0 bridgehead atoms. The molecule has 1 aliphatic rings. The Morgan fingerprint density at radius 2 is 0.917 bits per heavy atom. The molecule has 1 heterocycles. The molecule has 7 rings (SSSR count). The van der Waals surface area contributed by atoms with Crippen LogP contribution in [0.5, 0.6) is 0 Å². The lowest BCUT2D eigenvalue weighted by Crippen LogP contribution is -2.19. The van der Waals surface area contributed by atoms with Gasteiger partial charge in [0.2, 0.25) is 0 Å². The third-order valence-electron chi connectivity index (χ3n) is 8.74. The highest BCUT2D eigenvalue weighted by atomic mass is 31.2. The Balaban J connectivity index is 1.60. The van der Waals surface area contributed by atoms with Gasteiger partial charge in [0.1, 0.15) is 0 Å². The first-order valence-electron chi connectivity index (χ1n) is 16.5. The summed E-state index contributed by atoms with van der Waals surface area (Å²) in [6.07, 6.45) is 7.53. The van der Waals surface area contributed by atoms with Crippen molar-refractivity contribution < 1.29 is 0 Å². The molecule has 1 nitrogen and oxygen atoms in total. The van der Waals surface area contributed by atoms with Gasteiger partial charge in [0.25, 0.3) is 0 Å². The minimum absolute atomic E-state index is 0.872. The van der Waals surface area contributed by atoms with Crippen LogP contribution in [0.4, 0.5) is 0 Å². The molecule has 6 aromatic rings. The Bertz CT molecular complexity index is 2100. The van der Waals surface area contributed by atoms with Crippen molar-refractivity contribution in [3.05, 3.63) is 205 Å². The first-order chi connectivity index (χ1) is 23.7. The largest absolute Gasteiger partial charge is 0.260 e. The van der Waals surface area contributed by atoms with Gasteiger partial charge in [0, 0.05) is 7.05 Å². The summed E-state index contributed by atoms with van der Waals surface area (Å²) in [7, 11) is -4.79. The summed E-state index contributed by atoms with van der Waals surface area (Å²) in [5.41, 5.74) is 7.29. The van der Waals surface area contributed by atoms with E-state index in [0.717, 1.165) is 6.42 Å². The SMILES string of the molecule is CC=CC/C=C/P1(c2ccccc2)=NP(c2ccccc2)(c2ccccc2)=CC(c2cc(-c3ccccc3)cc(-c3ccccc3)c2)=C1. The van der Waals surface area contributed by atoms with Gasteiger partial charge >= 0.3 is 0 Å². The van der Waals surface area contributed by atoms with Crippen LogP contribution in [0.1, 0.15) is 18.9 Å². The first kappa shape index (κ1) is 31.7. The maximum Gasteiger partial charge on any atom is 0.0536 e. The van der Waals surface area contributed by atoms with Crippen molar-refractivity contribution in [2.24, 2.45) is 4.52 Å². The van der Waals surface area contributed by atoms with Gasteiger partial charge in [-0.15, -0.1) is 0 Å². The predicted molar refractivity (Wildman–Crippen MR) is 214 cm³/mol. The predicted octanol–water partition coefficient (Wildman–Crippen LogP) is 11.8. The molecule has 0 N–H and O–H groups in total. The highest BCUT2D eigenvalue weighted by molar-refractivity contribution is 7.95. The van der Waals surface area contributed by atoms with Crippen LogP contribution in [-0.2, 0) is 0 Å². The van der Waals surface area contributed by atoms with E-state index in [-0.39, 0.29) is 0 Å². The van der Waals surface area contributed by atoms with Gasteiger partial charge in [-0.3, -0.25) is 4.52 Å². The molecule has 0 amide bonds. The lowest BCUT2D eigenvalue weighted by molar-refractivity contribution is 1.39. The van der Waals surface area contributed by atoms with Crippen molar-refractivity contribution in [1.82, 2.24) is 0 Å². The van der Waals surface area contributed by atoms with Gasteiger partial charge < -0.3 is 0 Å². The summed E-state index contributed by atoms with van der Waals surface area (Å²) in [6.45, 7) is 2.08. The summed E-state index contributed by atoms with van der Waals surface area (Å²) < 4.78 is 6.17. The fourth-order valence-electron chi connectivity index (χ4n) is 6.37. The molecule has 0 aromatic heterocycles. The second-order valence-electron chi connectivity index (χ2n) is 12.0. The molecule has 1 atom stereocenters. The van der Waals surface area contributed by atoms with Gasteiger partial charge in [0.05, 0.1) is 7.04 Å². The molecule has 0 saturated heterocycles. The molecule has 1 aliphatic heterocycles. The van der Waals surface area contributed by atoms with Gasteiger partial charge in [-0.05, 0) is 98.3 Å². The molecule has 0 radical (unpaired) electrons. The highest BCUT2D eigenvalue weighted by Crippen LogP contribution is 2.66. The van der Waals surface area contributed by atoms with E-state index < -0.39 is 14.1 Å². The van der Waals surface area contributed by atoms with E-state index in [1.807, 2.05) is 0 Å². The third kappa shape index (κ3) is 6.58. The lowest BCUT2D eigenvalue weighted by Gasteiger charge is -2.33. The maximum absolute atomic E-state index is 6.17. The normalized spacial score (nSPS) is 17.1. The average Bonchev–Trinajstić information content (AvgIpc) is 3.18. The maximum atomic E-state index is 6.17.